The number of nitrogens with zero attached hydrogens (tertiary/aromatic N) is 5. The van der Waals surface area contributed by atoms with Crippen molar-refractivity contribution in [3.63, 3.8) is 0 Å². The number of nitrogens with one attached hydrogen (secondary N) is 1. The van der Waals surface area contributed by atoms with Crippen molar-refractivity contribution in [3.8, 4) is 0 Å². The quantitative estimate of drug-likeness (QED) is 0.500. The summed E-state index contributed by atoms with van der Waals surface area (Å²) in [5.74, 6) is 0.292. The number of benzene rings is 1. The minimum absolute atomic E-state index is 0.138. The van der Waals surface area contributed by atoms with Gasteiger partial charge in [0.1, 0.15) is 6.04 Å². The number of carbonyl (C=O) groups excluding carboxylic acids is 1. The second-order valence-corrected chi connectivity index (χ2v) is 8.81. The van der Waals surface area contributed by atoms with Gasteiger partial charge in [-0.05, 0) is 67.3 Å². The van der Waals surface area contributed by atoms with E-state index >= 15 is 0 Å². The summed E-state index contributed by atoms with van der Waals surface area (Å²) >= 11 is 0. The molecule has 0 bridgehead atoms. The number of fused-ring (bicyclic) bond motifs is 1. The number of pyridine rings is 1. The zero-order chi connectivity index (χ0) is 24.2. The molecule has 2 aromatic heterocycles. The first-order valence-electron chi connectivity index (χ1n) is 11.7. The summed E-state index contributed by atoms with van der Waals surface area (Å²) in [4.78, 5) is 30.9. The van der Waals surface area contributed by atoms with Crippen LogP contribution in [0.2, 0.25) is 0 Å². The van der Waals surface area contributed by atoms with Gasteiger partial charge >= 0.3 is 5.97 Å². The number of piperidine rings is 1. The first-order chi connectivity index (χ1) is 16.4. The highest BCUT2D eigenvalue weighted by Crippen LogP contribution is 2.32. The first kappa shape index (κ1) is 24.0. The van der Waals surface area contributed by atoms with Gasteiger partial charge in [-0.1, -0.05) is 6.07 Å². The van der Waals surface area contributed by atoms with Crippen LogP contribution in [0.3, 0.4) is 0 Å². The monoisotopic (exact) mass is 468 g/mol. The highest BCUT2D eigenvalue weighted by Gasteiger charge is 2.35. The lowest BCUT2D eigenvalue weighted by Crippen LogP contribution is -2.42. The Balaban J connectivity index is 1.75. The van der Waals surface area contributed by atoms with E-state index in [1.54, 1.807) is 11.8 Å². The van der Waals surface area contributed by atoms with E-state index in [1.165, 1.54) is 0 Å². The number of H-pyrrole nitrogens is 1. The topological polar surface area (TPSA) is 115 Å². The van der Waals surface area contributed by atoms with E-state index in [4.69, 9.17) is 9.47 Å². The van der Waals surface area contributed by atoms with Crippen LogP contribution in [0.4, 0.5) is 0 Å². The zero-order valence-corrected chi connectivity index (χ0v) is 20.2. The van der Waals surface area contributed by atoms with E-state index in [0.717, 1.165) is 22.0 Å². The molecule has 1 aliphatic heterocycles. The van der Waals surface area contributed by atoms with Crippen LogP contribution in [0.1, 0.15) is 48.3 Å². The molecule has 0 unspecified atom stereocenters. The molecular formula is C24H32N6O4. The Hall–Kier alpha value is -3.11. The molecule has 3 heterocycles. The predicted molar refractivity (Wildman–Crippen MR) is 127 cm³/mol. The third kappa shape index (κ3) is 4.88. The van der Waals surface area contributed by atoms with Crippen molar-refractivity contribution in [2.75, 3.05) is 33.4 Å². The number of carbonyl (C=O) groups is 1. The summed E-state index contributed by atoms with van der Waals surface area (Å²) < 4.78 is 12.1. The molecule has 0 aliphatic carbocycles. The van der Waals surface area contributed by atoms with Crippen LogP contribution < -0.4 is 5.56 Å². The fourth-order valence-corrected chi connectivity index (χ4v) is 4.79. The molecule has 0 radical (unpaired) electrons. The van der Waals surface area contributed by atoms with Crippen molar-refractivity contribution in [1.29, 1.82) is 0 Å². The maximum Gasteiger partial charge on any atom is 0.309 e. The zero-order valence-electron chi connectivity index (χ0n) is 20.2. The van der Waals surface area contributed by atoms with Gasteiger partial charge in [0.25, 0.3) is 5.56 Å². The number of ether oxygens (including phenoxy) is 2. The van der Waals surface area contributed by atoms with Gasteiger partial charge in [-0.2, -0.15) is 0 Å². The number of rotatable bonds is 8. The van der Waals surface area contributed by atoms with Gasteiger partial charge in [0.15, 0.2) is 5.82 Å². The number of tetrazole rings is 1. The van der Waals surface area contributed by atoms with Gasteiger partial charge in [-0.3, -0.25) is 14.5 Å². The van der Waals surface area contributed by atoms with E-state index in [1.807, 2.05) is 32.9 Å². The second-order valence-electron chi connectivity index (χ2n) is 8.81. The molecule has 3 aromatic rings. The molecule has 10 nitrogen and oxygen atoms in total. The maximum absolute atomic E-state index is 13.4. The van der Waals surface area contributed by atoms with Crippen LogP contribution in [-0.4, -0.2) is 69.5 Å². The van der Waals surface area contributed by atoms with Crippen molar-refractivity contribution in [1.82, 2.24) is 30.1 Å². The van der Waals surface area contributed by atoms with Crippen LogP contribution in [-0.2, 0) is 20.8 Å². The Morgan fingerprint density at radius 3 is 2.71 bits per heavy atom. The van der Waals surface area contributed by atoms with E-state index in [0.29, 0.717) is 57.1 Å². The highest BCUT2D eigenvalue weighted by atomic mass is 16.5. The highest BCUT2D eigenvalue weighted by molar-refractivity contribution is 5.83. The molecule has 0 saturated carbocycles. The van der Waals surface area contributed by atoms with Crippen LogP contribution in [0.15, 0.2) is 23.0 Å². The van der Waals surface area contributed by atoms with Crippen molar-refractivity contribution in [2.24, 2.45) is 5.92 Å². The van der Waals surface area contributed by atoms with Gasteiger partial charge < -0.3 is 14.5 Å². The van der Waals surface area contributed by atoms with E-state index < -0.39 is 6.04 Å². The number of esters is 1. The SMILES string of the molecule is CCOC(=O)C1CCN([C@H](c2cc3c(C)cc(C)cc3[nH]c2=O)c2nnnn2CCOC)CC1. The van der Waals surface area contributed by atoms with Crippen LogP contribution in [0.5, 0.6) is 0 Å². The van der Waals surface area contributed by atoms with Crippen molar-refractivity contribution < 1.29 is 14.3 Å². The van der Waals surface area contributed by atoms with E-state index in [2.05, 4.69) is 31.5 Å². The molecule has 0 spiro atoms. The largest absolute Gasteiger partial charge is 0.466 e. The summed E-state index contributed by atoms with van der Waals surface area (Å²) in [5, 5.41) is 13.4. The number of likely N-dealkylation sites (tertiary alicyclic amines) is 1. The van der Waals surface area contributed by atoms with Crippen LogP contribution in [0.25, 0.3) is 10.9 Å². The van der Waals surface area contributed by atoms with Crippen LogP contribution >= 0.6 is 0 Å². The molecule has 1 saturated heterocycles. The standard InChI is InChI=1S/C24H32N6O4/c1-5-34-24(32)17-6-8-29(9-7-17)21(22-26-27-28-30(22)10-11-33-4)19-14-18-16(3)12-15(2)13-20(18)25-23(19)31/h12-14,17,21H,5-11H2,1-4H3,(H,25,31)/t21-/m1/s1. The second kappa shape index (κ2) is 10.4. The summed E-state index contributed by atoms with van der Waals surface area (Å²) in [6, 6.07) is 5.59. The van der Waals surface area contributed by atoms with Crippen molar-refractivity contribution >= 4 is 16.9 Å². The molecule has 4 rings (SSSR count). The first-order valence-corrected chi connectivity index (χ1v) is 11.7. The summed E-state index contributed by atoms with van der Waals surface area (Å²) in [6.45, 7) is 8.41. The maximum atomic E-state index is 13.4. The number of methoxy groups -OCH3 is 1. The predicted octanol–water partition coefficient (Wildman–Crippen LogP) is 2.14. The Bertz CT molecular complexity index is 1210. The van der Waals surface area contributed by atoms with Crippen LogP contribution in [0, 0.1) is 19.8 Å². The minimum Gasteiger partial charge on any atom is -0.466 e. The van der Waals surface area contributed by atoms with Gasteiger partial charge in [0, 0.05) is 36.7 Å². The molecule has 34 heavy (non-hydrogen) atoms. The molecular weight excluding hydrogens is 436 g/mol. The Labute approximate surface area is 198 Å². The summed E-state index contributed by atoms with van der Waals surface area (Å²) in [7, 11) is 1.63. The van der Waals surface area contributed by atoms with Gasteiger partial charge in [0.2, 0.25) is 0 Å². The number of hydrogen-bond donors (Lipinski definition) is 1. The third-order valence-corrected chi connectivity index (χ3v) is 6.46. The van der Waals surface area contributed by atoms with E-state index in [9.17, 15) is 9.59 Å². The number of hydrogen-bond acceptors (Lipinski definition) is 8. The smallest absolute Gasteiger partial charge is 0.309 e. The normalized spacial score (nSPS) is 16.1. The fourth-order valence-electron chi connectivity index (χ4n) is 4.79. The summed E-state index contributed by atoms with van der Waals surface area (Å²) in [5.41, 5.74) is 3.41. The van der Waals surface area contributed by atoms with Gasteiger partial charge in [-0.25, -0.2) is 4.68 Å². The van der Waals surface area contributed by atoms with Gasteiger partial charge in [-0.15, -0.1) is 5.10 Å². The molecule has 1 fully saturated rings. The van der Waals surface area contributed by atoms with E-state index in [-0.39, 0.29) is 17.4 Å². The molecule has 1 aliphatic rings. The van der Waals surface area contributed by atoms with Gasteiger partial charge in [0.05, 0.1) is 25.7 Å². The third-order valence-electron chi connectivity index (χ3n) is 6.46. The van der Waals surface area contributed by atoms with Crippen molar-refractivity contribution in [3.05, 3.63) is 51.1 Å². The lowest BCUT2D eigenvalue weighted by molar-refractivity contribution is -0.149. The molecule has 10 heteroatoms. The molecule has 1 atom stereocenters. The Kier molecular flexibility index (Phi) is 7.38. The lowest BCUT2D eigenvalue weighted by Gasteiger charge is -2.36. The molecule has 1 aromatic carbocycles. The average Bonchev–Trinajstić information content (AvgIpc) is 3.27. The Morgan fingerprint density at radius 2 is 2.00 bits per heavy atom. The number of aromatic nitrogens is 5. The fraction of sp³-hybridized carbons (Fsp3) is 0.542. The molecule has 182 valence electrons. The Morgan fingerprint density at radius 1 is 1.24 bits per heavy atom. The average molecular weight is 469 g/mol. The van der Waals surface area contributed by atoms with Crippen molar-refractivity contribution in [2.45, 2.75) is 46.2 Å². The molecule has 0 amide bonds. The number of aromatic amines is 1. The summed E-state index contributed by atoms with van der Waals surface area (Å²) in [6.07, 6.45) is 1.30. The minimum atomic E-state index is -0.455. The lowest BCUT2D eigenvalue weighted by atomic mass is 9.93. The molecule has 1 N–H and O–H groups in total. The number of aryl methyl sites for hydroxylation is 2.